The summed E-state index contributed by atoms with van der Waals surface area (Å²) in [4.78, 5) is 4.28. The van der Waals surface area contributed by atoms with E-state index in [2.05, 4.69) is 29.4 Å². The van der Waals surface area contributed by atoms with E-state index in [4.69, 9.17) is 0 Å². The summed E-state index contributed by atoms with van der Waals surface area (Å²) in [5.41, 5.74) is 2.24. The summed E-state index contributed by atoms with van der Waals surface area (Å²) in [6.07, 6.45) is 5.89. The zero-order chi connectivity index (χ0) is 9.97. The van der Waals surface area contributed by atoms with Crippen LogP contribution in [-0.2, 0) is 0 Å². The van der Waals surface area contributed by atoms with Gasteiger partial charge in [-0.25, -0.2) is 0 Å². The van der Waals surface area contributed by atoms with Crippen molar-refractivity contribution in [1.82, 2.24) is 4.98 Å². The molecule has 1 N–H and O–H groups in total. The first-order chi connectivity index (χ1) is 6.74. The predicted molar refractivity (Wildman–Crippen MR) is 59.4 cm³/mol. The van der Waals surface area contributed by atoms with Crippen molar-refractivity contribution in [1.29, 1.82) is 0 Å². The highest BCUT2D eigenvalue weighted by Crippen LogP contribution is 2.27. The molecule has 76 valence electrons. The van der Waals surface area contributed by atoms with Crippen molar-refractivity contribution < 1.29 is 0 Å². The Morgan fingerprint density at radius 2 is 2.21 bits per heavy atom. The molecule has 0 bridgehead atoms. The van der Waals surface area contributed by atoms with Gasteiger partial charge in [0.05, 0.1) is 11.9 Å². The van der Waals surface area contributed by atoms with E-state index >= 15 is 0 Å². The first-order valence-corrected chi connectivity index (χ1v) is 5.43. The highest BCUT2D eigenvalue weighted by Gasteiger charge is 2.20. The number of aromatic nitrogens is 1. The molecule has 0 unspecified atom stereocenters. The van der Waals surface area contributed by atoms with Gasteiger partial charge in [0.2, 0.25) is 0 Å². The normalized spacial score (nSPS) is 26.4. The third kappa shape index (κ3) is 2.25. The molecule has 1 fully saturated rings. The minimum absolute atomic E-state index is 0.662. The average molecular weight is 190 g/mol. The lowest BCUT2D eigenvalue weighted by Crippen LogP contribution is -2.15. The Hall–Kier alpha value is -1.05. The third-order valence-corrected chi connectivity index (χ3v) is 2.98. The highest BCUT2D eigenvalue weighted by atomic mass is 14.9. The molecule has 2 atom stereocenters. The van der Waals surface area contributed by atoms with Gasteiger partial charge < -0.3 is 5.32 Å². The van der Waals surface area contributed by atoms with E-state index < -0.39 is 0 Å². The van der Waals surface area contributed by atoms with Crippen LogP contribution < -0.4 is 5.32 Å². The molecular weight excluding hydrogens is 172 g/mol. The fourth-order valence-electron chi connectivity index (χ4n) is 2.13. The van der Waals surface area contributed by atoms with Crippen LogP contribution in [0.4, 0.5) is 5.69 Å². The molecule has 1 aromatic heterocycles. The van der Waals surface area contributed by atoms with Crippen LogP contribution in [0.5, 0.6) is 0 Å². The quantitative estimate of drug-likeness (QED) is 0.775. The molecule has 0 saturated heterocycles. The van der Waals surface area contributed by atoms with Gasteiger partial charge in [0, 0.05) is 11.7 Å². The van der Waals surface area contributed by atoms with Gasteiger partial charge in [0.15, 0.2) is 0 Å². The van der Waals surface area contributed by atoms with Gasteiger partial charge in [-0.05, 0) is 44.2 Å². The third-order valence-electron chi connectivity index (χ3n) is 2.98. The molecule has 0 amide bonds. The predicted octanol–water partition coefficient (Wildman–Crippen LogP) is 2.99. The number of rotatable bonds is 2. The molecule has 0 radical (unpaired) electrons. The Balaban J connectivity index is 1.94. The molecule has 0 aromatic carbocycles. The van der Waals surface area contributed by atoms with E-state index in [1.165, 1.54) is 19.3 Å². The Bertz CT molecular complexity index is 292. The number of nitrogens with one attached hydrogen (secondary N) is 1. The van der Waals surface area contributed by atoms with Crippen LogP contribution in [0.3, 0.4) is 0 Å². The Morgan fingerprint density at radius 3 is 2.79 bits per heavy atom. The zero-order valence-electron chi connectivity index (χ0n) is 8.96. The van der Waals surface area contributed by atoms with Crippen molar-refractivity contribution in [2.75, 3.05) is 5.32 Å². The lowest BCUT2D eigenvalue weighted by Gasteiger charge is -2.13. The molecule has 1 aliphatic rings. The summed E-state index contributed by atoms with van der Waals surface area (Å²) in [6, 6.07) is 4.83. The molecule has 1 aliphatic carbocycles. The number of aryl methyl sites for hydroxylation is 1. The second-order valence-electron chi connectivity index (χ2n) is 4.45. The Labute approximate surface area is 85.7 Å². The van der Waals surface area contributed by atoms with Crippen molar-refractivity contribution in [3.05, 3.63) is 24.0 Å². The van der Waals surface area contributed by atoms with Crippen molar-refractivity contribution >= 4 is 5.69 Å². The summed E-state index contributed by atoms with van der Waals surface area (Å²) in [5.74, 6) is 0.880. The number of nitrogens with zero attached hydrogens (tertiary/aromatic N) is 1. The first-order valence-electron chi connectivity index (χ1n) is 5.43. The second kappa shape index (κ2) is 3.99. The molecule has 14 heavy (non-hydrogen) atoms. The first kappa shape index (κ1) is 9.50. The molecule has 1 heterocycles. The SMILES string of the molecule is Cc1ccc(N[C@H]2CC[C@@H](C)C2)cn1. The summed E-state index contributed by atoms with van der Waals surface area (Å²) in [6.45, 7) is 4.34. The van der Waals surface area contributed by atoms with E-state index in [0.29, 0.717) is 6.04 Å². The number of hydrogen-bond donors (Lipinski definition) is 1. The molecular formula is C12H18N2. The second-order valence-corrected chi connectivity index (χ2v) is 4.45. The lowest BCUT2D eigenvalue weighted by atomic mass is 10.1. The molecule has 1 saturated carbocycles. The number of hydrogen-bond acceptors (Lipinski definition) is 2. The van der Waals surface area contributed by atoms with Crippen LogP contribution >= 0.6 is 0 Å². The van der Waals surface area contributed by atoms with Gasteiger partial charge in [-0.2, -0.15) is 0 Å². The molecule has 1 aromatic rings. The van der Waals surface area contributed by atoms with Crippen molar-refractivity contribution in [3.63, 3.8) is 0 Å². The topological polar surface area (TPSA) is 24.9 Å². The maximum absolute atomic E-state index is 4.28. The molecule has 0 aliphatic heterocycles. The molecule has 2 rings (SSSR count). The number of anilines is 1. The summed E-state index contributed by atoms with van der Waals surface area (Å²) >= 11 is 0. The molecule has 2 heteroatoms. The fraction of sp³-hybridized carbons (Fsp3) is 0.583. The molecule has 2 nitrogen and oxygen atoms in total. The summed E-state index contributed by atoms with van der Waals surface area (Å²) in [5, 5.41) is 3.54. The van der Waals surface area contributed by atoms with Gasteiger partial charge in [0.1, 0.15) is 0 Å². The smallest absolute Gasteiger partial charge is 0.0529 e. The summed E-state index contributed by atoms with van der Waals surface area (Å²) in [7, 11) is 0. The maximum atomic E-state index is 4.28. The zero-order valence-corrected chi connectivity index (χ0v) is 8.96. The molecule has 0 spiro atoms. The van der Waals surface area contributed by atoms with Crippen molar-refractivity contribution in [2.24, 2.45) is 5.92 Å². The van der Waals surface area contributed by atoms with E-state index in [-0.39, 0.29) is 0 Å². The highest BCUT2D eigenvalue weighted by molar-refractivity contribution is 5.42. The van der Waals surface area contributed by atoms with Crippen molar-refractivity contribution in [3.8, 4) is 0 Å². The monoisotopic (exact) mass is 190 g/mol. The standard InChI is InChI=1S/C12H18N2/c1-9-3-5-11(7-9)14-12-6-4-10(2)13-8-12/h4,6,8-9,11,14H,3,5,7H2,1-2H3/t9-,11+/m1/s1. The van der Waals surface area contributed by atoms with Gasteiger partial charge in [-0.3, -0.25) is 4.98 Å². The maximum Gasteiger partial charge on any atom is 0.0529 e. The summed E-state index contributed by atoms with van der Waals surface area (Å²) < 4.78 is 0. The van der Waals surface area contributed by atoms with Gasteiger partial charge in [0.25, 0.3) is 0 Å². The van der Waals surface area contributed by atoms with Crippen LogP contribution in [0.1, 0.15) is 31.9 Å². The van der Waals surface area contributed by atoms with E-state index in [0.717, 1.165) is 17.3 Å². The van der Waals surface area contributed by atoms with Crippen LogP contribution in [0.25, 0.3) is 0 Å². The fourth-order valence-corrected chi connectivity index (χ4v) is 2.13. The van der Waals surface area contributed by atoms with Gasteiger partial charge >= 0.3 is 0 Å². The van der Waals surface area contributed by atoms with Gasteiger partial charge in [-0.15, -0.1) is 0 Å². The minimum Gasteiger partial charge on any atom is -0.381 e. The Morgan fingerprint density at radius 1 is 1.36 bits per heavy atom. The van der Waals surface area contributed by atoms with Crippen LogP contribution in [0.2, 0.25) is 0 Å². The van der Waals surface area contributed by atoms with Crippen LogP contribution in [-0.4, -0.2) is 11.0 Å². The van der Waals surface area contributed by atoms with Crippen LogP contribution in [0, 0.1) is 12.8 Å². The van der Waals surface area contributed by atoms with E-state index in [1.54, 1.807) is 0 Å². The van der Waals surface area contributed by atoms with Crippen LogP contribution in [0.15, 0.2) is 18.3 Å². The largest absolute Gasteiger partial charge is 0.381 e. The lowest BCUT2D eigenvalue weighted by molar-refractivity contribution is 0.602. The minimum atomic E-state index is 0.662. The average Bonchev–Trinajstić information content (AvgIpc) is 2.56. The number of pyridine rings is 1. The van der Waals surface area contributed by atoms with Gasteiger partial charge in [-0.1, -0.05) is 6.92 Å². The van der Waals surface area contributed by atoms with E-state index in [9.17, 15) is 0 Å². The van der Waals surface area contributed by atoms with E-state index in [1.807, 2.05) is 13.1 Å². The Kier molecular flexibility index (Phi) is 2.71. The van der Waals surface area contributed by atoms with Crippen molar-refractivity contribution in [2.45, 2.75) is 39.2 Å².